The first-order valence-electron chi connectivity index (χ1n) is 4.72. The van der Waals surface area contributed by atoms with Gasteiger partial charge in [0.05, 0.1) is 5.56 Å². The quantitative estimate of drug-likeness (QED) is 0.726. The summed E-state index contributed by atoms with van der Waals surface area (Å²) >= 11 is 0. The van der Waals surface area contributed by atoms with Gasteiger partial charge in [0.15, 0.2) is 0 Å². The first kappa shape index (κ1) is 8.94. The van der Waals surface area contributed by atoms with Crippen molar-refractivity contribution < 1.29 is 4.79 Å². The highest BCUT2D eigenvalue weighted by Gasteiger charge is 2.08. The summed E-state index contributed by atoms with van der Waals surface area (Å²) in [7, 11) is 0. The smallest absolute Gasteiger partial charge is 0.250 e. The van der Waals surface area contributed by atoms with E-state index in [2.05, 4.69) is 11.1 Å². The Morgan fingerprint density at radius 3 is 3.14 bits per heavy atom. The van der Waals surface area contributed by atoms with Crippen molar-refractivity contribution in [1.29, 1.82) is 0 Å². The number of nitrogens with zero attached hydrogens (tertiary/aromatic N) is 1. The molecule has 0 aliphatic heterocycles. The lowest BCUT2D eigenvalue weighted by Gasteiger charge is -2.03. The summed E-state index contributed by atoms with van der Waals surface area (Å²) in [5.74, 6) is -0.419. The SMILES string of the molecule is NC(=O)c1cnc2c(c1)C=CCCC2. The van der Waals surface area contributed by atoms with Gasteiger partial charge in [-0.2, -0.15) is 0 Å². The number of carbonyl (C=O) groups excluding carboxylic acids is 1. The Morgan fingerprint density at radius 1 is 1.50 bits per heavy atom. The summed E-state index contributed by atoms with van der Waals surface area (Å²) in [4.78, 5) is 15.2. The van der Waals surface area contributed by atoms with E-state index in [1.807, 2.05) is 12.1 Å². The number of primary amides is 1. The third-order valence-electron chi connectivity index (χ3n) is 2.37. The molecule has 1 aromatic heterocycles. The third kappa shape index (κ3) is 1.66. The maximum Gasteiger partial charge on any atom is 0.250 e. The number of carbonyl (C=O) groups is 1. The molecule has 0 fully saturated rings. The molecule has 0 bridgehead atoms. The number of pyridine rings is 1. The van der Waals surface area contributed by atoms with E-state index in [0.717, 1.165) is 30.5 Å². The standard InChI is InChI=1S/C11H12N2O/c12-11(14)9-6-8-4-2-1-3-5-10(8)13-7-9/h2,4,6-7H,1,3,5H2,(H2,12,14). The number of rotatable bonds is 1. The van der Waals surface area contributed by atoms with Crippen LogP contribution in [-0.4, -0.2) is 10.9 Å². The molecule has 1 aliphatic rings. The fourth-order valence-corrected chi connectivity index (χ4v) is 1.60. The van der Waals surface area contributed by atoms with Crippen LogP contribution in [0, 0.1) is 0 Å². The van der Waals surface area contributed by atoms with Gasteiger partial charge >= 0.3 is 0 Å². The highest BCUT2D eigenvalue weighted by atomic mass is 16.1. The molecule has 0 saturated carbocycles. The van der Waals surface area contributed by atoms with Crippen LogP contribution in [0.3, 0.4) is 0 Å². The van der Waals surface area contributed by atoms with Gasteiger partial charge < -0.3 is 5.73 Å². The van der Waals surface area contributed by atoms with Gasteiger partial charge in [0, 0.05) is 11.9 Å². The second-order valence-electron chi connectivity index (χ2n) is 3.42. The molecule has 3 nitrogen and oxygen atoms in total. The minimum absolute atomic E-state index is 0.419. The van der Waals surface area contributed by atoms with Crippen LogP contribution in [0.15, 0.2) is 18.3 Å². The molecule has 2 N–H and O–H groups in total. The zero-order chi connectivity index (χ0) is 9.97. The Kier molecular flexibility index (Phi) is 2.31. The molecule has 0 saturated heterocycles. The minimum Gasteiger partial charge on any atom is -0.366 e. The molecule has 0 spiro atoms. The Morgan fingerprint density at radius 2 is 2.36 bits per heavy atom. The van der Waals surface area contributed by atoms with Gasteiger partial charge in [-0.15, -0.1) is 0 Å². The molecule has 2 rings (SSSR count). The van der Waals surface area contributed by atoms with Crippen molar-refractivity contribution >= 4 is 12.0 Å². The monoisotopic (exact) mass is 188 g/mol. The molecular weight excluding hydrogens is 176 g/mol. The highest BCUT2D eigenvalue weighted by Crippen LogP contribution is 2.17. The fraction of sp³-hybridized carbons (Fsp3) is 0.273. The molecule has 1 aliphatic carbocycles. The number of fused-ring (bicyclic) bond motifs is 1. The zero-order valence-corrected chi connectivity index (χ0v) is 7.86. The molecule has 0 unspecified atom stereocenters. The Labute approximate surface area is 82.6 Å². The number of allylic oxidation sites excluding steroid dienone is 1. The van der Waals surface area contributed by atoms with Crippen molar-refractivity contribution in [2.24, 2.45) is 5.73 Å². The number of amides is 1. The molecule has 0 atom stereocenters. The van der Waals surface area contributed by atoms with Crippen molar-refractivity contribution in [2.75, 3.05) is 0 Å². The van der Waals surface area contributed by atoms with Crippen LogP contribution in [0.5, 0.6) is 0 Å². The summed E-state index contributed by atoms with van der Waals surface area (Å²) < 4.78 is 0. The van der Waals surface area contributed by atoms with Crippen LogP contribution in [0.4, 0.5) is 0 Å². The topological polar surface area (TPSA) is 56.0 Å². The summed E-state index contributed by atoms with van der Waals surface area (Å²) in [5, 5.41) is 0. The molecule has 0 radical (unpaired) electrons. The van der Waals surface area contributed by atoms with E-state index < -0.39 is 5.91 Å². The fourth-order valence-electron chi connectivity index (χ4n) is 1.60. The largest absolute Gasteiger partial charge is 0.366 e. The average molecular weight is 188 g/mol. The molecule has 1 amide bonds. The average Bonchev–Trinajstić information content (AvgIpc) is 2.41. The molecule has 0 aromatic carbocycles. The van der Waals surface area contributed by atoms with Gasteiger partial charge in [-0.1, -0.05) is 12.2 Å². The van der Waals surface area contributed by atoms with E-state index in [4.69, 9.17) is 5.73 Å². The van der Waals surface area contributed by atoms with Crippen LogP contribution in [-0.2, 0) is 6.42 Å². The van der Waals surface area contributed by atoms with Crippen LogP contribution in [0.1, 0.15) is 34.5 Å². The second-order valence-corrected chi connectivity index (χ2v) is 3.42. The van der Waals surface area contributed by atoms with E-state index in [-0.39, 0.29) is 0 Å². The second kappa shape index (κ2) is 3.62. The lowest BCUT2D eigenvalue weighted by Crippen LogP contribution is -2.12. The lowest BCUT2D eigenvalue weighted by molar-refractivity contribution is 0.1000. The molecule has 14 heavy (non-hydrogen) atoms. The van der Waals surface area contributed by atoms with Crippen molar-refractivity contribution in [1.82, 2.24) is 4.98 Å². The summed E-state index contributed by atoms with van der Waals surface area (Å²) in [6, 6.07) is 1.81. The predicted molar refractivity (Wildman–Crippen MR) is 54.7 cm³/mol. The van der Waals surface area contributed by atoms with Crippen LogP contribution < -0.4 is 5.73 Å². The van der Waals surface area contributed by atoms with Crippen molar-refractivity contribution in [3.8, 4) is 0 Å². The molecule has 3 heteroatoms. The molecule has 72 valence electrons. The van der Waals surface area contributed by atoms with Gasteiger partial charge in [0.1, 0.15) is 0 Å². The number of hydrogen-bond donors (Lipinski definition) is 1. The van der Waals surface area contributed by atoms with Crippen LogP contribution in [0.2, 0.25) is 0 Å². The lowest BCUT2D eigenvalue weighted by atomic mass is 10.1. The van der Waals surface area contributed by atoms with Crippen molar-refractivity contribution in [3.05, 3.63) is 35.2 Å². The Hall–Kier alpha value is -1.64. The number of aromatic nitrogens is 1. The molecule has 1 aromatic rings. The van der Waals surface area contributed by atoms with E-state index in [1.165, 1.54) is 0 Å². The zero-order valence-electron chi connectivity index (χ0n) is 7.86. The van der Waals surface area contributed by atoms with Gasteiger partial charge in [-0.25, -0.2) is 0 Å². The number of nitrogens with two attached hydrogens (primary N) is 1. The minimum atomic E-state index is -0.419. The molecule has 1 heterocycles. The van der Waals surface area contributed by atoms with Crippen molar-refractivity contribution in [3.63, 3.8) is 0 Å². The molecular formula is C11H12N2O. The van der Waals surface area contributed by atoms with E-state index >= 15 is 0 Å². The summed E-state index contributed by atoms with van der Waals surface area (Å²) in [6.07, 6.45) is 8.84. The summed E-state index contributed by atoms with van der Waals surface area (Å²) in [5.41, 5.74) is 7.75. The summed E-state index contributed by atoms with van der Waals surface area (Å²) in [6.45, 7) is 0. The van der Waals surface area contributed by atoms with E-state index in [9.17, 15) is 4.79 Å². The van der Waals surface area contributed by atoms with Gasteiger partial charge in [-0.05, 0) is 30.9 Å². The van der Waals surface area contributed by atoms with Gasteiger partial charge in [0.2, 0.25) is 5.91 Å². The van der Waals surface area contributed by atoms with Crippen LogP contribution in [0.25, 0.3) is 6.08 Å². The normalized spacial score (nSPS) is 14.6. The first-order chi connectivity index (χ1) is 6.77. The van der Waals surface area contributed by atoms with Gasteiger partial charge in [0.25, 0.3) is 0 Å². The van der Waals surface area contributed by atoms with Gasteiger partial charge in [-0.3, -0.25) is 9.78 Å². The Bertz CT molecular complexity index is 396. The number of aryl methyl sites for hydroxylation is 1. The Balaban J connectivity index is 2.45. The first-order valence-corrected chi connectivity index (χ1v) is 4.72. The third-order valence-corrected chi connectivity index (χ3v) is 2.37. The van der Waals surface area contributed by atoms with E-state index in [1.54, 1.807) is 6.20 Å². The van der Waals surface area contributed by atoms with Crippen molar-refractivity contribution in [2.45, 2.75) is 19.3 Å². The maximum absolute atomic E-state index is 10.9. The highest BCUT2D eigenvalue weighted by molar-refractivity contribution is 5.93. The maximum atomic E-state index is 10.9. The van der Waals surface area contributed by atoms with Crippen LogP contribution >= 0.6 is 0 Å². The predicted octanol–water partition coefficient (Wildman–Crippen LogP) is 1.53. The number of hydrogen-bond acceptors (Lipinski definition) is 2. The van der Waals surface area contributed by atoms with E-state index in [0.29, 0.717) is 5.56 Å².